The van der Waals surface area contributed by atoms with Crippen LogP contribution in [-0.4, -0.2) is 9.13 Å². The molecular formula is C50H36N2. The van der Waals surface area contributed by atoms with Gasteiger partial charge in [-0.25, -0.2) is 0 Å². The predicted octanol–water partition coefficient (Wildman–Crippen LogP) is 13.6. The van der Waals surface area contributed by atoms with Gasteiger partial charge in [0.05, 0.1) is 27.8 Å². The van der Waals surface area contributed by atoms with E-state index in [9.17, 15) is 0 Å². The topological polar surface area (TPSA) is 9.86 Å². The maximum atomic E-state index is 4.17. The molecule has 0 unspecified atom stereocenters. The molecule has 0 spiro atoms. The van der Waals surface area contributed by atoms with Crippen LogP contribution in [0.4, 0.5) is 0 Å². The lowest BCUT2D eigenvalue weighted by atomic mass is 10.00. The molecule has 2 heterocycles. The standard InChI is InChI=1S/C50H36N2/c1-4-38-32(3)39(5-2)50-42(38)21-14-24-49(50)52-46-23-12-10-20-41(46)44-31-36(26-28-48(44)52)35-25-27-47-43(30-35)40-19-9-11-22-45(40)51(47)37-18-13-17-34(29-37)33-15-7-6-8-16-33/h4-31H,1H2,2-3H3/b39-5-. The Labute approximate surface area is 303 Å². The van der Waals surface area contributed by atoms with Gasteiger partial charge in [0, 0.05) is 32.8 Å². The van der Waals surface area contributed by atoms with Crippen LogP contribution in [0.1, 0.15) is 25.0 Å². The van der Waals surface area contributed by atoms with Gasteiger partial charge in [-0.05, 0) is 113 Å². The summed E-state index contributed by atoms with van der Waals surface area (Å²) in [4.78, 5) is 0. The summed E-state index contributed by atoms with van der Waals surface area (Å²) in [5, 5.41) is 5.00. The zero-order valence-electron chi connectivity index (χ0n) is 29.3. The first-order chi connectivity index (χ1) is 25.6. The van der Waals surface area contributed by atoms with Crippen LogP contribution in [0.3, 0.4) is 0 Å². The molecule has 7 aromatic carbocycles. The maximum absolute atomic E-state index is 4.17. The molecule has 2 aromatic heterocycles. The van der Waals surface area contributed by atoms with Crippen LogP contribution in [-0.2, 0) is 0 Å². The number of allylic oxidation sites excluding steroid dienone is 5. The van der Waals surface area contributed by atoms with Crippen molar-refractivity contribution in [2.75, 3.05) is 0 Å². The van der Waals surface area contributed by atoms with Crippen molar-refractivity contribution in [3.8, 4) is 33.6 Å². The molecule has 0 atom stereocenters. The van der Waals surface area contributed by atoms with E-state index in [1.807, 2.05) is 6.08 Å². The number of hydrogen-bond acceptors (Lipinski definition) is 0. The molecule has 0 fully saturated rings. The fourth-order valence-electron chi connectivity index (χ4n) is 8.69. The highest BCUT2D eigenvalue weighted by Gasteiger charge is 2.26. The average molecular weight is 665 g/mol. The third kappa shape index (κ3) is 4.37. The Morgan fingerprint density at radius 3 is 1.71 bits per heavy atom. The van der Waals surface area contributed by atoms with E-state index in [0.717, 1.165) is 5.69 Å². The van der Waals surface area contributed by atoms with Crippen LogP contribution in [0.15, 0.2) is 182 Å². The summed E-state index contributed by atoms with van der Waals surface area (Å²) in [5.74, 6) is 0. The number of nitrogens with zero attached hydrogens (tertiary/aromatic N) is 2. The number of rotatable bonds is 5. The molecule has 246 valence electrons. The van der Waals surface area contributed by atoms with Gasteiger partial charge < -0.3 is 9.13 Å². The second-order valence-corrected chi connectivity index (χ2v) is 13.7. The third-order valence-corrected chi connectivity index (χ3v) is 11.0. The highest BCUT2D eigenvalue weighted by Crippen LogP contribution is 2.46. The zero-order chi connectivity index (χ0) is 34.9. The fraction of sp³-hybridized carbons (Fsp3) is 0.0400. The molecule has 0 N–H and O–H groups in total. The van der Waals surface area contributed by atoms with Crippen molar-refractivity contribution in [3.05, 3.63) is 193 Å². The molecule has 0 aliphatic heterocycles. The minimum absolute atomic E-state index is 1.16. The van der Waals surface area contributed by atoms with Gasteiger partial charge in [0.2, 0.25) is 0 Å². The summed E-state index contributed by atoms with van der Waals surface area (Å²) in [6.07, 6.45) is 4.25. The Bertz CT molecular complexity index is 2980. The van der Waals surface area contributed by atoms with E-state index in [2.05, 4.69) is 193 Å². The van der Waals surface area contributed by atoms with Crippen molar-refractivity contribution in [2.45, 2.75) is 13.8 Å². The highest BCUT2D eigenvalue weighted by molar-refractivity contribution is 6.14. The van der Waals surface area contributed by atoms with Crippen LogP contribution in [0, 0.1) is 0 Å². The third-order valence-electron chi connectivity index (χ3n) is 11.0. The maximum Gasteiger partial charge on any atom is 0.0546 e. The Kier molecular flexibility index (Phi) is 6.81. The Balaban J connectivity index is 1.15. The van der Waals surface area contributed by atoms with Crippen molar-refractivity contribution in [1.82, 2.24) is 9.13 Å². The molecule has 0 amide bonds. The molecule has 2 heteroatoms. The van der Waals surface area contributed by atoms with E-state index in [0.29, 0.717) is 0 Å². The number of fused-ring (bicyclic) bond motifs is 7. The van der Waals surface area contributed by atoms with Gasteiger partial charge in [-0.1, -0.05) is 122 Å². The summed E-state index contributed by atoms with van der Waals surface area (Å²) in [6, 6.07) is 57.7. The second kappa shape index (κ2) is 11.7. The molecule has 1 aliphatic rings. The van der Waals surface area contributed by atoms with Crippen molar-refractivity contribution in [2.24, 2.45) is 0 Å². The molecule has 9 aromatic rings. The van der Waals surface area contributed by atoms with E-state index in [1.165, 1.54) is 99.4 Å². The monoisotopic (exact) mass is 664 g/mol. The molecule has 0 saturated heterocycles. The van der Waals surface area contributed by atoms with Gasteiger partial charge in [0.15, 0.2) is 0 Å². The van der Waals surface area contributed by atoms with Crippen molar-refractivity contribution >= 4 is 54.8 Å². The molecule has 1 aliphatic carbocycles. The van der Waals surface area contributed by atoms with Gasteiger partial charge in [0.1, 0.15) is 0 Å². The molecule has 0 bridgehead atoms. The first-order valence-electron chi connectivity index (χ1n) is 18.0. The first-order valence-corrected chi connectivity index (χ1v) is 18.0. The summed E-state index contributed by atoms with van der Waals surface area (Å²) < 4.78 is 4.86. The van der Waals surface area contributed by atoms with Crippen molar-refractivity contribution < 1.29 is 0 Å². The quantitative estimate of drug-likeness (QED) is 0.173. The highest BCUT2D eigenvalue weighted by atomic mass is 15.0. The van der Waals surface area contributed by atoms with Crippen LogP contribution in [0.25, 0.3) is 88.4 Å². The smallest absolute Gasteiger partial charge is 0.0546 e. The van der Waals surface area contributed by atoms with Crippen LogP contribution in [0.5, 0.6) is 0 Å². The lowest BCUT2D eigenvalue weighted by molar-refractivity contribution is 1.17. The van der Waals surface area contributed by atoms with Crippen molar-refractivity contribution in [1.29, 1.82) is 0 Å². The molecule has 0 radical (unpaired) electrons. The Morgan fingerprint density at radius 1 is 0.481 bits per heavy atom. The number of para-hydroxylation sites is 2. The Morgan fingerprint density at radius 2 is 1.04 bits per heavy atom. The van der Waals surface area contributed by atoms with E-state index >= 15 is 0 Å². The van der Waals surface area contributed by atoms with Gasteiger partial charge in [-0.15, -0.1) is 0 Å². The predicted molar refractivity (Wildman–Crippen MR) is 222 cm³/mol. The number of benzene rings is 7. The average Bonchev–Trinajstić information content (AvgIpc) is 3.82. The zero-order valence-corrected chi connectivity index (χ0v) is 29.3. The van der Waals surface area contributed by atoms with Gasteiger partial charge in [0.25, 0.3) is 0 Å². The minimum Gasteiger partial charge on any atom is -0.309 e. The van der Waals surface area contributed by atoms with Gasteiger partial charge in [-0.2, -0.15) is 0 Å². The minimum atomic E-state index is 1.16. The fourth-order valence-corrected chi connectivity index (χ4v) is 8.69. The summed E-state index contributed by atoms with van der Waals surface area (Å²) >= 11 is 0. The molecule has 2 nitrogen and oxygen atoms in total. The van der Waals surface area contributed by atoms with Crippen LogP contribution < -0.4 is 0 Å². The van der Waals surface area contributed by atoms with Crippen LogP contribution >= 0.6 is 0 Å². The number of aromatic nitrogens is 2. The van der Waals surface area contributed by atoms with E-state index in [1.54, 1.807) is 0 Å². The van der Waals surface area contributed by atoms with Gasteiger partial charge >= 0.3 is 0 Å². The first kappa shape index (κ1) is 30.2. The molecule has 52 heavy (non-hydrogen) atoms. The summed E-state index contributed by atoms with van der Waals surface area (Å²) in [6.45, 7) is 8.52. The Hall–Kier alpha value is -6.64. The molecular weight excluding hydrogens is 629 g/mol. The summed E-state index contributed by atoms with van der Waals surface area (Å²) in [7, 11) is 0. The number of hydrogen-bond donors (Lipinski definition) is 0. The van der Waals surface area contributed by atoms with Gasteiger partial charge in [-0.3, -0.25) is 0 Å². The lowest BCUT2D eigenvalue weighted by Crippen LogP contribution is -2.00. The van der Waals surface area contributed by atoms with E-state index in [-0.39, 0.29) is 0 Å². The lowest BCUT2D eigenvalue weighted by Gasteiger charge is -2.15. The SMILES string of the molecule is C=CC1=C(C)/C(=C/C)c2c1cccc2-n1c2ccccc2c2cc(-c3ccc4c(c3)c3ccccc3n4-c3cccc(-c4ccccc4)c3)ccc21. The van der Waals surface area contributed by atoms with Crippen LogP contribution in [0.2, 0.25) is 0 Å². The molecule has 10 rings (SSSR count). The van der Waals surface area contributed by atoms with E-state index < -0.39 is 0 Å². The van der Waals surface area contributed by atoms with E-state index in [4.69, 9.17) is 0 Å². The second-order valence-electron chi connectivity index (χ2n) is 13.7. The normalized spacial score (nSPS) is 13.6. The van der Waals surface area contributed by atoms with Crippen molar-refractivity contribution in [3.63, 3.8) is 0 Å². The summed E-state index contributed by atoms with van der Waals surface area (Å²) in [5.41, 5.74) is 18.3. The molecule has 0 saturated carbocycles. The largest absolute Gasteiger partial charge is 0.309 e.